The van der Waals surface area contributed by atoms with Crippen LogP contribution in [0.2, 0.25) is 0 Å². The Hall–Kier alpha value is 0.700. The Morgan fingerprint density at radius 1 is 1.00 bits per heavy atom. The fourth-order valence-electron chi connectivity index (χ4n) is 2.21. The van der Waals surface area contributed by atoms with E-state index in [0.29, 0.717) is 12.1 Å². The number of hydrogen-bond acceptors (Lipinski definition) is 3. The average Bonchev–Trinajstić information content (AvgIpc) is 2.26. The van der Waals surface area contributed by atoms with Gasteiger partial charge in [0.15, 0.2) is 0 Å². The second-order valence-corrected chi connectivity index (χ2v) is 7.91. The molecule has 0 spiro atoms. The van der Waals surface area contributed by atoms with E-state index in [1.165, 1.54) is 31.4 Å². The summed E-state index contributed by atoms with van der Waals surface area (Å²) in [5, 5.41) is 0. The van der Waals surface area contributed by atoms with E-state index in [1.807, 2.05) is 11.8 Å². The van der Waals surface area contributed by atoms with Gasteiger partial charge in [0.25, 0.3) is 0 Å². The van der Waals surface area contributed by atoms with E-state index in [0.717, 1.165) is 6.61 Å². The van der Waals surface area contributed by atoms with Gasteiger partial charge < -0.3 is 4.52 Å². The lowest BCUT2D eigenvalue weighted by Gasteiger charge is -2.35. The van der Waals surface area contributed by atoms with Crippen molar-refractivity contribution in [3.05, 3.63) is 0 Å². The van der Waals surface area contributed by atoms with Crippen molar-refractivity contribution in [2.24, 2.45) is 0 Å². The summed E-state index contributed by atoms with van der Waals surface area (Å²) in [6, 6.07) is 1.14. The van der Waals surface area contributed by atoms with Crippen LogP contribution in [0.3, 0.4) is 0 Å². The maximum Gasteiger partial charge on any atom is 0.101 e. The van der Waals surface area contributed by atoms with Gasteiger partial charge in [-0.1, -0.05) is 12.8 Å². The molecule has 0 bridgehead atoms. The highest BCUT2D eigenvalue weighted by molar-refractivity contribution is 7.98. The maximum absolute atomic E-state index is 6.02. The summed E-state index contributed by atoms with van der Waals surface area (Å²) in [6.45, 7) is 12.2. The molecule has 4 heteroatoms. The van der Waals surface area contributed by atoms with Crippen LogP contribution in [0, 0.1) is 0 Å². The van der Waals surface area contributed by atoms with Gasteiger partial charge in [0.1, 0.15) is 8.30 Å². The SMILES string of the molecule is CSCCCCCCOP(C)N(C(C)C)C(C)C. The van der Waals surface area contributed by atoms with Crippen LogP contribution in [0.4, 0.5) is 0 Å². The molecule has 0 aromatic carbocycles. The molecule has 1 unspecified atom stereocenters. The van der Waals surface area contributed by atoms with Crippen molar-refractivity contribution in [1.29, 1.82) is 0 Å². The molecule has 0 aromatic heterocycles. The van der Waals surface area contributed by atoms with Gasteiger partial charge in [-0.25, -0.2) is 0 Å². The van der Waals surface area contributed by atoms with Gasteiger partial charge in [-0.05, 0) is 59.2 Å². The van der Waals surface area contributed by atoms with Crippen LogP contribution in [-0.2, 0) is 4.52 Å². The Labute approximate surface area is 120 Å². The minimum Gasteiger partial charge on any atom is -0.344 e. The van der Waals surface area contributed by atoms with E-state index < -0.39 is 8.30 Å². The number of hydrogen-bond donors (Lipinski definition) is 0. The van der Waals surface area contributed by atoms with Crippen molar-refractivity contribution in [3.8, 4) is 0 Å². The standard InChI is InChI=1S/C14H32NOPS/c1-13(2)15(14(3)4)17(5)16-11-9-7-8-10-12-18-6/h13-14H,7-12H2,1-6H3. The molecule has 2 nitrogen and oxygen atoms in total. The predicted molar refractivity (Wildman–Crippen MR) is 87.8 cm³/mol. The van der Waals surface area contributed by atoms with Crippen molar-refractivity contribution >= 4 is 20.1 Å². The summed E-state index contributed by atoms with van der Waals surface area (Å²) in [5.41, 5.74) is 0. The lowest BCUT2D eigenvalue weighted by atomic mass is 10.2. The van der Waals surface area contributed by atoms with Gasteiger partial charge in [-0.3, -0.25) is 4.67 Å². The number of thioether (sulfide) groups is 1. The first-order valence-corrected chi connectivity index (χ1v) is 10.2. The third-order valence-electron chi connectivity index (χ3n) is 2.90. The number of unbranched alkanes of at least 4 members (excludes halogenated alkanes) is 3. The zero-order valence-electron chi connectivity index (χ0n) is 13.1. The molecule has 0 aromatic rings. The van der Waals surface area contributed by atoms with Crippen LogP contribution in [0.25, 0.3) is 0 Å². The molecule has 0 saturated heterocycles. The number of rotatable bonds is 11. The summed E-state index contributed by atoms with van der Waals surface area (Å²) < 4.78 is 8.51. The molecule has 0 aliphatic carbocycles. The summed E-state index contributed by atoms with van der Waals surface area (Å²) in [7, 11) is -0.421. The smallest absolute Gasteiger partial charge is 0.101 e. The zero-order valence-corrected chi connectivity index (χ0v) is 14.8. The van der Waals surface area contributed by atoms with Crippen LogP contribution in [0.1, 0.15) is 53.4 Å². The normalized spacial score (nSPS) is 13.8. The molecule has 0 radical (unpaired) electrons. The molecule has 0 rings (SSSR count). The van der Waals surface area contributed by atoms with Crippen LogP contribution in [-0.4, -0.2) is 42.0 Å². The molecule has 110 valence electrons. The Bertz CT molecular complexity index is 183. The molecule has 0 heterocycles. The topological polar surface area (TPSA) is 12.5 Å². The second-order valence-electron chi connectivity index (χ2n) is 5.27. The Morgan fingerprint density at radius 3 is 2.06 bits per heavy atom. The third kappa shape index (κ3) is 8.74. The first-order chi connectivity index (χ1) is 8.50. The van der Waals surface area contributed by atoms with E-state index in [2.05, 4.69) is 45.3 Å². The van der Waals surface area contributed by atoms with Gasteiger partial charge in [0.05, 0.1) is 6.61 Å². The summed E-state index contributed by atoms with van der Waals surface area (Å²) in [6.07, 6.45) is 7.41. The first kappa shape index (κ1) is 18.7. The molecule has 0 aliphatic rings. The van der Waals surface area contributed by atoms with E-state index in [4.69, 9.17) is 4.52 Å². The Kier molecular flexibility index (Phi) is 12.0. The van der Waals surface area contributed by atoms with E-state index in [9.17, 15) is 0 Å². The highest BCUT2D eigenvalue weighted by Crippen LogP contribution is 2.40. The van der Waals surface area contributed by atoms with E-state index in [-0.39, 0.29) is 0 Å². The fourth-order valence-corrected chi connectivity index (χ4v) is 4.53. The molecule has 18 heavy (non-hydrogen) atoms. The van der Waals surface area contributed by atoms with Crippen LogP contribution in [0.15, 0.2) is 0 Å². The summed E-state index contributed by atoms with van der Waals surface area (Å²) in [5.74, 6) is 1.30. The molecule has 1 atom stereocenters. The van der Waals surface area contributed by atoms with Gasteiger partial charge in [0.2, 0.25) is 0 Å². The van der Waals surface area contributed by atoms with Crippen LogP contribution in [0.5, 0.6) is 0 Å². The minimum atomic E-state index is -0.421. The minimum absolute atomic E-state index is 0.421. The average molecular weight is 293 g/mol. The molecule has 0 N–H and O–H groups in total. The fraction of sp³-hybridized carbons (Fsp3) is 1.00. The molecule has 0 amide bonds. The lowest BCUT2D eigenvalue weighted by Crippen LogP contribution is -2.32. The largest absolute Gasteiger partial charge is 0.344 e. The second kappa shape index (κ2) is 11.5. The predicted octanol–water partition coefficient (Wildman–Crippen LogP) is 4.99. The highest BCUT2D eigenvalue weighted by atomic mass is 32.2. The lowest BCUT2D eigenvalue weighted by molar-refractivity contribution is 0.252. The summed E-state index contributed by atoms with van der Waals surface area (Å²) >= 11 is 1.95. The van der Waals surface area contributed by atoms with Crippen molar-refractivity contribution in [1.82, 2.24) is 4.67 Å². The molecular formula is C14H32NOPS. The molecular weight excluding hydrogens is 261 g/mol. The Balaban J connectivity index is 3.65. The zero-order chi connectivity index (χ0) is 14.0. The molecule has 0 aliphatic heterocycles. The van der Waals surface area contributed by atoms with E-state index in [1.54, 1.807) is 0 Å². The Morgan fingerprint density at radius 2 is 1.56 bits per heavy atom. The quantitative estimate of drug-likeness (QED) is 0.393. The van der Waals surface area contributed by atoms with Crippen molar-refractivity contribution in [2.75, 3.05) is 25.3 Å². The third-order valence-corrected chi connectivity index (χ3v) is 5.73. The first-order valence-electron chi connectivity index (χ1n) is 7.14. The maximum atomic E-state index is 6.02. The van der Waals surface area contributed by atoms with Gasteiger partial charge in [-0.2, -0.15) is 11.8 Å². The van der Waals surface area contributed by atoms with Crippen LogP contribution >= 0.6 is 20.1 Å². The molecule has 0 fully saturated rings. The van der Waals surface area contributed by atoms with Crippen molar-refractivity contribution in [3.63, 3.8) is 0 Å². The van der Waals surface area contributed by atoms with Crippen LogP contribution < -0.4 is 0 Å². The van der Waals surface area contributed by atoms with Gasteiger partial charge >= 0.3 is 0 Å². The monoisotopic (exact) mass is 293 g/mol. The number of nitrogens with zero attached hydrogens (tertiary/aromatic N) is 1. The molecule has 0 saturated carbocycles. The summed E-state index contributed by atoms with van der Waals surface area (Å²) in [4.78, 5) is 0. The van der Waals surface area contributed by atoms with Crippen molar-refractivity contribution < 1.29 is 4.52 Å². The highest BCUT2D eigenvalue weighted by Gasteiger charge is 2.20. The van der Waals surface area contributed by atoms with Gasteiger partial charge in [0, 0.05) is 12.1 Å². The van der Waals surface area contributed by atoms with Gasteiger partial charge in [-0.15, -0.1) is 0 Å². The van der Waals surface area contributed by atoms with Crippen molar-refractivity contribution in [2.45, 2.75) is 65.5 Å². The van der Waals surface area contributed by atoms with E-state index >= 15 is 0 Å².